The van der Waals surface area contributed by atoms with Crippen molar-refractivity contribution in [2.75, 3.05) is 0 Å². The Morgan fingerprint density at radius 3 is 1.72 bits per heavy atom. The van der Waals surface area contributed by atoms with E-state index in [1.54, 1.807) is 0 Å². The van der Waals surface area contributed by atoms with Crippen LogP contribution in [0.5, 0.6) is 0 Å². The first-order chi connectivity index (χ1) is 15.2. The molecule has 0 fully saturated rings. The van der Waals surface area contributed by atoms with Crippen molar-refractivity contribution in [3.8, 4) is 0 Å². The maximum atomic E-state index is 6.10. The summed E-state index contributed by atoms with van der Waals surface area (Å²) in [6.45, 7) is 0. The fraction of sp³-hybridized carbons (Fsp3) is 0. The van der Waals surface area contributed by atoms with Gasteiger partial charge in [0, 0.05) is 53.7 Å². The summed E-state index contributed by atoms with van der Waals surface area (Å²) >= 11 is 6.10. The molecule has 4 aromatic rings. The Bertz CT molecular complexity index is 1540. The van der Waals surface area contributed by atoms with Crippen molar-refractivity contribution < 1.29 is 21.1 Å². The van der Waals surface area contributed by atoms with E-state index < -0.39 is 0 Å². The van der Waals surface area contributed by atoms with Crippen molar-refractivity contribution in [3.63, 3.8) is 0 Å². The predicted molar refractivity (Wildman–Crippen MR) is 128 cm³/mol. The van der Waals surface area contributed by atoms with Crippen LogP contribution in [0.25, 0.3) is 45.9 Å². The molecule has 0 spiro atoms. The Balaban J connectivity index is 0.00000216. The molecule has 2 aliphatic rings. The Hall–Kier alpha value is -3.20. The molecule has 3 aromatic heterocycles. The molecule has 2 aliphatic heterocycles. The molecule has 0 atom stereocenters. The second-order valence-corrected chi connectivity index (χ2v) is 8.03. The Labute approximate surface area is 204 Å². The van der Waals surface area contributed by atoms with Gasteiger partial charge in [-0.1, -0.05) is 23.7 Å². The molecule has 0 amide bonds. The van der Waals surface area contributed by atoms with Crippen molar-refractivity contribution in [3.05, 3.63) is 106 Å². The summed E-state index contributed by atoms with van der Waals surface area (Å²) in [4.78, 5) is 16.5. The van der Waals surface area contributed by atoms with Gasteiger partial charge in [0.1, 0.15) is 0 Å². The summed E-state index contributed by atoms with van der Waals surface area (Å²) in [5.41, 5.74) is 9.75. The number of nitrogens with zero attached hydrogens (tertiary/aromatic N) is 2. The van der Waals surface area contributed by atoms with Crippen LogP contribution >= 0.6 is 11.6 Å². The van der Waals surface area contributed by atoms with Gasteiger partial charge in [-0.2, -0.15) is 0 Å². The third kappa shape index (κ3) is 4.12. The van der Waals surface area contributed by atoms with Crippen LogP contribution in [0.2, 0.25) is 5.02 Å². The number of H-pyrrole nitrogens is 2. The molecular formula is C26H17ClMoN4. The number of hydrogen-bond donors (Lipinski definition) is 2. The SMILES string of the molecule is Clc1ccc(C2=Cc3cc4ccc(cc5nc(cc6ccc(cc2n3)[nH]6)C=C5)[nH]4)cc1.[Mo]. The Kier molecular flexibility index (Phi) is 5.42. The minimum absolute atomic E-state index is 0. The molecule has 0 saturated carbocycles. The molecule has 32 heavy (non-hydrogen) atoms. The zero-order chi connectivity index (χ0) is 20.8. The predicted octanol–water partition coefficient (Wildman–Crippen LogP) is 6.73. The molecule has 6 heteroatoms. The molecular weight excluding hydrogens is 500 g/mol. The molecule has 0 radical (unpaired) electrons. The standard InChI is InChI=1S/C26H17ClN4.Mo/c27-17-3-1-16(2-4-17)25-14-24-13-22-8-7-20(29-22)11-18-5-6-19(28-18)12-21-9-10-23(30-21)15-26(25)31-24;/h1-15,29-30H;. The fourth-order valence-corrected chi connectivity index (χ4v) is 4.00. The molecule has 154 valence electrons. The third-order valence-electron chi connectivity index (χ3n) is 5.32. The van der Waals surface area contributed by atoms with E-state index in [4.69, 9.17) is 16.6 Å². The van der Waals surface area contributed by atoms with Gasteiger partial charge in [-0.15, -0.1) is 0 Å². The van der Waals surface area contributed by atoms with Crippen LogP contribution in [0.15, 0.2) is 72.8 Å². The number of rotatable bonds is 1. The maximum absolute atomic E-state index is 6.10. The van der Waals surface area contributed by atoms with Gasteiger partial charge in [0.25, 0.3) is 0 Å². The maximum Gasteiger partial charge on any atom is 0.0736 e. The Morgan fingerprint density at radius 1 is 0.594 bits per heavy atom. The molecule has 0 aliphatic carbocycles. The van der Waals surface area contributed by atoms with E-state index in [-0.39, 0.29) is 21.1 Å². The van der Waals surface area contributed by atoms with Gasteiger partial charge in [0.15, 0.2) is 0 Å². The van der Waals surface area contributed by atoms with Gasteiger partial charge in [0.2, 0.25) is 0 Å². The van der Waals surface area contributed by atoms with Crippen molar-refractivity contribution in [2.45, 2.75) is 0 Å². The number of halogens is 1. The Morgan fingerprint density at radius 2 is 1.12 bits per heavy atom. The van der Waals surface area contributed by atoms with E-state index in [9.17, 15) is 0 Å². The number of benzene rings is 1. The first-order valence-electron chi connectivity index (χ1n) is 10.0. The van der Waals surface area contributed by atoms with Gasteiger partial charge in [-0.05, 0) is 84.5 Å². The molecule has 8 bridgehead atoms. The van der Waals surface area contributed by atoms with Crippen molar-refractivity contribution in [2.24, 2.45) is 0 Å². The number of fused-ring (bicyclic) bond motifs is 8. The fourth-order valence-electron chi connectivity index (χ4n) is 3.87. The molecule has 4 nitrogen and oxygen atoms in total. The van der Waals surface area contributed by atoms with Crippen LogP contribution in [0.1, 0.15) is 28.3 Å². The topological polar surface area (TPSA) is 57.4 Å². The van der Waals surface area contributed by atoms with Gasteiger partial charge in [-0.25, -0.2) is 9.97 Å². The van der Waals surface area contributed by atoms with Gasteiger partial charge in [-0.3, -0.25) is 0 Å². The van der Waals surface area contributed by atoms with Crippen LogP contribution in [0, 0.1) is 0 Å². The largest absolute Gasteiger partial charge is 0.355 e. The van der Waals surface area contributed by atoms with Crippen LogP contribution in [-0.4, -0.2) is 19.9 Å². The molecule has 1 aromatic carbocycles. The summed E-state index contributed by atoms with van der Waals surface area (Å²) in [5, 5.41) is 0.718. The number of nitrogens with one attached hydrogen (secondary N) is 2. The number of aromatic nitrogens is 4. The number of hydrogen-bond acceptors (Lipinski definition) is 2. The van der Waals surface area contributed by atoms with E-state index in [0.717, 1.165) is 61.0 Å². The second kappa shape index (κ2) is 8.38. The molecule has 0 unspecified atom stereocenters. The third-order valence-corrected chi connectivity index (χ3v) is 5.57. The quantitative estimate of drug-likeness (QED) is 0.238. The summed E-state index contributed by atoms with van der Waals surface area (Å²) in [6.07, 6.45) is 6.15. The van der Waals surface area contributed by atoms with Gasteiger partial charge >= 0.3 is 0 Å². The van der Waals surface area contributed by atoms with E-state index in [1.807, 2.05) is 48.6 Å². The van der Waals surface area contributed by atoms with Crippen LogP contribution in [-0.2, 0) is 21.1 Å². The molecule has 5 heterocycles. The minimum atomic E-state index is 0. The van der Waals surface area contributed by atoms with E-state index in [1.165, 1.54) is 0 Å². The summed E-state index contributed by atoms with van der Waals surface area (Å²) in [7, 11) is 0. The summed E-state index contributed by atoms with van der Waals surface area (Å²) in [6, 6.07) is 24.3. The number of aromatic amines is 2. The van der Waals surface area contributed by atoms with Crippen molar-refractivity contribution >= 4 is 57.5 Å². The van der Waals surface area contributed by atoms with E-state index >= 15 is 0 Å². The molecule has 6 rings (SSSR count). The van der Waals surface area contributed by atoms with Crippen LogP contribution in [0.4, 0.5) is 0 Å². The smallest absolute Gasteiger partial charge is 0.0736 e. The zero-order valence-corrected chi connectivity index (χ0v) is 19.6. The summed E-state index contributed by atoms with van der Waals surface area (Å²) in [5.74, 6) is 0. The molecule has 0 saturated heterocycles. The van der Waals surface area contributed by atoms with Crippen molar-refractivity contribution in [1.82, 2.24) is 19.9 Å². The summed E-state index contributed by atoms with van der Waals surface area (Å²) < 4.78 is 0. The zero-order valence-electron chi connectivity index (χ0n) is 16.8. The van der Waals surface area contributed by atoms with Gasteiger partial charge < -0.3 is 9.97 Å². The monoisotopic (exact) mass is 518 g/mol. The van der Waals surface area contributed by atoms with Crippen LogP contribution in [0.3, 0.4) is 0 Å². The molecule has 2 N–H and O–H groups in total. The average molecular weight is 517 g/mol. The average Bonchev–Trinajstić information content (AvgIpc) is 3.54. The normalized spacial score (nSPS) is 12.3. The van der Waals surface area contributed by atoms with Gasteiger partial charge in [0.05, 0.1) is 22.8 Å². The van der Waals surface area contributed by atoms with Crippen LogP contribution < -0.4 is 0 Å². The second-order valence-electron chi connectivity index (χ2n) is 7.60. The minimum Gasteiger partial charge on any atom is -0.355 e. The first-order valence-corrected chi connectivity index (χ1v) is 10.4. The first kappa shape index (κ1) is 20.7. The van der Waals surface area contributed by atoms with E-state index in [0.29, 0.717) is 0 Å². The van der Waals surface area contributed by atoms with Crippen molar-refractivity contribution in [1.29, 1.82) is 0 Å². The van der Waals surface area contributed by atoms with E-state index in [2.05, 4.69) is 57.4 Å².